The molecule has 3 amide bonds. The molecule has 3 heterocycles. The minimum Gasteiger partial charge on any atom is -0.404 e. The first-order chi connectivity index (χ1) is 21.5. The maximum Gasteiger partial charge on any atom is 0.573 e. The Morgan fingerprint density at radius 1 is 1.18 bits per heavy atom. The SMILES string of the molecule is COC(C)c1ccc(C)cc1N1C(=O)CSC1=NC(=O)Nc1ccc(-c2ncn(-c3ccc(OC(F)(F)F)cn3)n2)cc1C#N. The highest BCUT2D eigenvalue weighted by molar-refractivity contribution is 8.15. The van der Waals surface area contributed by atoms with E-state index in [2.05, 4.69) is 30.1 Å². The van der Waals surface area contributed by atoms with Crippen molar-refractivity contribution in [2.45, 2.75) is 26.3 Å². The zero-order valence-corrected chi connectivity index (χ0v) is 24.7. The van der Waals surface area contributed by atoms with Crippen LogP contribution < -0.4 is 15.0 Å². The molecule has 0 radical (unpaired) electrons. The largest absolute Gasteiger partial charge is 0.573 e. The standard InChI is InChI=1S/C29H23F3N8O4S/c1-16-4-7-21(17(2)43-3)23(10-16)40-25(41)14-45-28(40)37-27(42)36-22-8-5-18(11-19(22)12-33)26-35-15-39(38-26)24-9-6-20(13-34-24)44-29(30,31)32/h4-11,13,15,17H,14H2,1-3H3,(H,36,42). The van der Waals surface area contributed by atoms with Gasteiger partial charge in [0.15, 0.2) is 16.8 Å². The third-order valence-corrected chi connectivity index (χ3v) is 7.43. The van der Waals surface area contributed by atoms with Gasteiger partial charge >= 0.3 is 12.4 Å². The van der Waals surface area contributed by atoms with Crippen LogP contribution in [0, 0.1) is 18.3 Å². The molecule has 2 aromatic heterocycles. The summed E-state index contributed by atoms with van der Waals surface area (Å²) in [7, 11) is 1.56. The van der Waals surface area contributed by atoms with Crippen molar-refractivity contribution in [3.8, 4) is 29.0 Å². The molecule has 230 valence electrons. The van der Waals surface area contributed by atoms with E-state index in [1.165, 1.54) is 34.1 Å². The van der Waals surface area contributed by atoms with E-state index < -0.39 is 18.1 Å². The number of aliphatic imine (C=N–C) groups is 1. The van der Waals surface area contributed by atoms with Crippen molar-refractivity contribution in [3.63, 3.8) is 0 Å². The van der Waals surface area contributed by atoms with Gasteiger partial charge in [-0.1, -0.05) is 23.9 Å². The van der Waals surface area contributed by atoms with E-state index in [0.29, 0.717) is 11.3 Å². The quantitative estimate of drug-likeness (QED) is 0.266. The normalized spacial score (nSPS) is 14.8. The number of amidine groups is 1. The van der Waals surface area contributed by atoms with Gasteiger partial charge in [-0.05, 0) is 55.8 Å². The van der Waals surface area contributed by atoms with Gasteiger partial charge in [0, 0.05) is 18.2 Å². The molecule has 0 spiro atoms. The number of urea groups is 1. The predicted molar refractivity (Wildman–Crippen MR) is 159 cm³/mol. The van der Waals surface area contributed by atoms with E-state index in [1.54, 1.807) is 13.2 Å². The van der Waals surface area contributed by atoms with Gasteiger partial charge in [-0.15, -0.1) is 18.3 Å². The predicted octanol–water partition coefficient (Wildman–Crippen LogP) is 5.78. The monoisotopic (exact) mass is 636 g/mol. The smallest absolute Gasteiger partial charge is 0.404 e. The van der Waals surface area contributed by atoms with Gasteiger partial charge in [-0.2, -0.15) is 10.3 Å². The Kier molecular flexibility index (Phi) is 8.84. The fourth-order valence-corrected chi connectivity index (χ4v) is 5.18. The molecule has 16 heteroatoms. The van der Waals surface area contributed by atoms with Crippen LogP contribution in [0.2, 0.25) is 0 Å². The van der Waals surface area contributed by atoms with Crippen LogP contribution in [-0.2, 0) is 9.53 Å². The van der Waals surface area contributed by atoms with Crippen molar-refractivity contribution in [3.05, 3.63) is 77.7 Å². The number of methoxy groups -OCH3 is 1. The number of carbonyl (C=O) groups excluding carboxylic acids is 2. The maximum absolute atomic E-state index is 13.0. The number of carbonyl (C=O) groups is 2. The highest BCUT2D eigenvalue weighted by Crippen LogP contribution is 2.35. The van der Waals surface area contributed by atoms with Gasteiger partial charge < -0.3 is 14.8 Å². The molecule has 2 aromatic carbocycles. The minimum absolute atomic E-state index is 0.0890. The Bertz CT molecular complexity index is 1840. The van der Waals surface area contributed by atoms with Crippen molar-refractivity contribution in [1.82, 2.24) is 19.7 Å². The van der Waals surface area contributed by atoms with Gasteiger partial charge in [0.1, 0.15) is 18.1 Å². The van der Waals surface area contributed by atoms with E-state index in [4.69, 9.17) is 4.74 Å². The summed E-state index contributed by atoms with van der Waals surface area (Å²) >= 11 is 1.12. The average Bonchev–Trinajstić information content (AvgIpc) is 3.63. The average molecular weight is 637 g/mol. The van der Waals surface area contributed by atoms with Crippen LogP contribution in [0.1, 0.15) is 29.7 Å². The van der Waals surface area contributed by atoms with Crippen molar-refractivity contribution in [2.75, 3.05) is 23.1 Å². The Morgan fingerprint density at radius 3 is 2.67 bits per heavy atom. The lowest BCUT2D eigenvalue weighted by Crippen LogP contribution is -2.31. The van der Waals surface area contributed by atoms with Gasteiger partial charge in [0.2, 0.25) is 5.91 Å². The molecule has 45 heavy (non-hydrogen) atoms. The van der Waals surface area contributed by atoms with Gasteiger partial charge in [0.05, 0.1) is 35.0 Å². The van der Waals surface area contributed by atoms with E-state index >= 15 is 0 Å². The lowest BCUT2D eigenvalue weighted by molar-refractivity contribution is -0.274. The molecule has 4 aromatic rings. The van der Waals surface area contributed by atoms with Crippen LogP contribution in [0.5, 0.6) is 5.75 Å². The van der Waals surface area contributed by atoms with E-state index in [-0.39, 0.29) is 45.8 Å². The van der Waals surface area contributed by atoms with Crippen LogP contribution in [0.25, 0.3) is 17.2 Å². The molecule has 1 atom stereocenters. The maximum atomic E-state index is 13.0. The first-order valence-corrected chi connectivity index (χ1v) is 14.1. The number of hydrogen-bond donors (Lipinski definition) is 1. The topological polar surface area (TPSA) is 148 Å². The van der Waals surface area contributed by atoms with E-state index in [0.717, 1.165) is 35.2 Å². The third kappa shape index (κ3) is 7.11. The molecule has 1 N–H and O–H groups in total. The van der Waals surface area contributed by atoms with Crippen molar-refractivity contribution < 1.29 is 32.2 Å². The van der Waals surface area contributed by atoms with E-state index in [9.17, 15) is 28.0 Å². The zero-order valence-electron chi connectivity index (χ0n) is 23.9. The molecule has 0 bridgehead atoms. The molecule has 1 aliphatic rings. The Morgan fingerprint density at radius 2 is 1.98 bits per heavy atom. The number of nitrogens with one attached hydrogen (secondary N) is 1. The second-order valence-corrected chi connectivity index (χ2v) is 10.5. The molecule has 12 nitrogen and oxygen atoms in total. The molecule has 1 aliphatic heterocycles. The molecular weight excluding hydrogens is 613 g/mol. The third-order valence-electron chi connectivity index (χ3n) is 6.50. The molecule has 1 fully saturated rings. The summed E-state index contributed by atoms with van der Waals surface area (Å²) in [5, 5.41) is 16.8. The first kappa shape index (κ1) is 31.2. The number of alkyl halides is 3. The number of ether oxygens (including phenoxy) is 2. The summed E-state index contributed by atoms with van der Waals surface area (Å²) in [6.45, 7) is 3.74. The number of anilines is 2. The number of nitrogens with zero attached hydrogens (tertiary/aromatic N) is 7. The summed E-state index contributed by atoms with van der Waals surface area (Å²) in [5.41, 5.74) is 2.92. The first-order valence-electron chi connectivity index (χ1n) is 13.1. The number of nitriles is 1. The van der Waals surface area contributed by atoms with Gasteiger partial charge in [0.25, 0.3) is 0 Å². The number of benzene rings is 2. The Hall–Kier alpha value is -5.27. The van der Waals surface area contributed by atoms with Gasteiger partial charge in [-0.3, -0.25) is 9.69 Å². The zero-order chi connectivity index (χ0) is 32.3. The summed E-state index contributed by atoms with van der Waals surface area (Å²) in [4.78, 5) is 39.5. The number of halogens is 3. The van der Waals surface area contributed by atoms with Crippen molar-refractivity contribution >= 4 is 40.2 Å². The van der Waals surface area contributed by atoms with Crippen LogP contribution >= 0.6 is 11.8 Å². The summed E-state index contributed by atoms with van der Waals surface area (Å²) in [5.74, 6) is -0.257. The summed E-state index contributed by atoms with van der Waals surface area (Å²) < 4.78 is 47.8. The van der Waals surface area contributed by atoms with Crippen LogP contribution in [0.3, 0.4) is 0 Å². The van der Waals surface area contributed by atoms with Crippen molar-refractivity contribution in [1.29, 1.82) is 5.26 Å². The fourth-order valence-electron chi connectivity index (χ4n) is 4.32. The molecule has 1 unspecified atom stereocenters. The highest BCUT2D eigenvalue weighted by Gasteiger charge is 2.33. The Labute approximate surface area is 258 Å². The number of pyridine rings is 1. The van der Waals surface area contributed by atoms with Crippen LogP contribution in [0.4, 0.5) is 29.3 Å². The van der Waals surface area contributed by atoms with Crippen molar-refractivity contribution in [2.24, 2.45) is 4.99 Å². The Balaban J connectivity index is 1.34. The molecule has 0 aliphatic carbocycles. The lowest BCUT2D eigenvalue weighted by Gasteiger charge is -2.23. The molecular formula is C29H23F3N8O4S. The second kappa shape index (κ2) is 12.8. The summed E-state index contributed by atoms with van der Waals surface area (Å²) in [6.07, 6.45) is -2.96. The molecule has 0 saturated carbocycles. The summed E-state index contributed by atoms with van der Waals surface area (Å²) in [6, 6.07) is 13.7. The number of aryl methyl sites for hydroxylation is 1. The minimum atomic E-state index is -4.84. The molecule has 1 saturated heterocycles. The number of amides is 3. The number of aromatic nitrogens is 4. The van der Waals surface area contributed by atoms with Crippen LogP contribution in [-0.4, -0.2) is 56.1 Å². The number of hydrogen-bond acceptors (Lipinski definition) is 9. The highest BCUT2D eigenvalue weighted by atomic mass is 32.2. The lowest BCUT2D eigenvalue weighted by atomic mass is 10.0. The second-order valence-electron chi connectivity index (χ2n) is 9.57. The fraction of sp³-hybridized carbons (Fsp3) is 0.207. The molecule has 5 rings (SSSR count). The number of rotatable bonds is 7. The van der Waals surface area contributed by atoms with Crippen LogP contribution in [0.15, 0.2) is 66.0 Å². The number of thioether (sulfide) groups is 1. The van der Waals surface area contributed by atoms with E-state index in [1.807, 2.05) is 38.1 Å². The van der Waals surface area contributed by atoms with Gasteiger partial charge in [-0.25, -0.2) is 19.4 Å².